The highest BCUT2D eigenvalue weighted by atomic mass is 16.2. The summed E-state index contributed by atoms with van der Waals surface area (Å²) in [5, 5.41) is 9.95. The molecule has 0 radical (unpaired) electrons. The quantitative estimate of drug-likeness (QED) is 0.0872. The number of benzene rings is 1. The predicted octanol–water partition coefficient (Wildman–Crippen LogP) is 8.27. The largest absolute Gasteiger partial charge is 0.358 e. The van der Waals surface area contributed by atoms with E-state index in [1.165, 1.54) is 88.4 Å². The molecule has 1 heterocycles. The molecule has 0 atom stereocenters. The molecule has 5 nitrogen and oxygen atoms in total. The van der Waals surface area contributed by atoms with Crippen LogP contribution in [-0.2, 0) is 4.79 Å². The second-order valence-electron chi connectivity index (χ2n) is 10.2. The van der Waals surface area contributed by atoms with Gasteiger partial charge in [0.05, 0.1) is 11.6 Å². The Kier molecular flexibility index (Phi) is 14.6. The van der Waals surface area contributed by atoms with E-state index in [1.807, 2.05) is 31.2 Å². The number of aryl methyl sites for hydroxylation is 1. The van der Waals surface area contributed by atoms with E-state index in [4.69, 9.17) is 0 Å². The van der Waals surface area contributed by atoms with Crippen LogP contribution in [0.15, 0.2) is 24.3 Å². The van der Waals surface area contributed by atoms with E-state index in [2.05, 4.69) is 18.0 Å². The van der Waals surface area contributed by atoms with Gasteiger partial charge in [0.15, 0.2) is 0 Å². The van der Waals surface area contributed by atoms with Gasteiger partial charge in [-0.3, -0.25) is 9.59 Å². The van der Waals surface area contributed by atoms with E-state index in [0.29, 0.717) is 17.8 Å². The van der Waals surface area contributed by atoms with E-state index < -0.39 is 11.7 Å². The first kappa shape index (κ1) is 29.6. The number of ketones is 1. The first-order valence-electron chi connectivity index (χ1n) is 14.4. The van der Waals surface area contributed by atoms with Crippen molar-refractivity contribution in [1.29, 1.82) is 5.26 Å². The number of aromatic nitrogens is 1. The maximum atomic E-state index is 13.0. The summed E-state index contributed by atoms with van der Waals surface area (Å²) in [6.07, 6.45) is 20.6. The lowest BCUT2D eigenvalue weighted by Crippen LogP contribution is -2.37. The van der Waals surface area contributed by atoms with Gasteiger partial charge in [-0.2, -0.15) is 5.26 Å². The minimum Gasteiger partial charge on any atom is -0.358 e. The molecule has 0 saturated carbocycles. The van der Waals surface area contributed by atoms with Crippen molar-refractivity contribution < 1.29 is 9.59 Å². The number of amides is 1. The van der Waals surface area contributed by atoms with Gasteiger partial charge in [-0.15, -0.1) is 0 Å². The smallest absolute Gasteiger partial charge is 0.295 e. The van der Waals surface area contributed by atoms with Crippen LogP contribution in [0.2, 0.25) is 0 Å². The van der Waals surface area contributed by atoms with Crippen molar-refractivity contribution in [2.24, 2.45) is 0 Å². The fraction of sp³-hybridized carbons (Fsp3) is 0.645. The molecule has 1 aromatic heterocycles. The Hall–Kier alpha value is -2.61. The number of H-pyrrole nitrogens is 1. The predicted molar refractivity (Wildman–Crippen MR) is 149 cm³/mol. The third kappa shape index (κ3) is 10.2. The van der Waals surface area contributed by atoms with Crippen LogP contribution in [0.4, 0.5) is 0 Å². The zero-order chi connectivity index (χ0) is 26.0. The fourth-order valence-corrected chi connectivity index (χ4v) is 5.01. The van der Waals surface area contributed by atoms with Gasteiger partial charge < -0.3 is 9.88 Å². The monoisotopic (exact) mass is 493 g/mol. The number of para-hydroxylation sites is 1. The van der Waals surface area contributed by atoms with Gasteiger partial charge in [0, 0.05) is 23.1 Å². The van der Waals surface area contributed by atoms with Crippen molar-refractivity contribution in [3.63, 3.8) is 0 Å². The van der Waals surface area contributed by atoms with E-state index in [9.17, 15) is 14.9 Å². The van der Waals surface area contributed by atoms with Crippen LogP contribution in [0.3, 0.4) is 0 Å². The molecule has 0 fully saturated rings. The van der Waals surface area contributed by atoms with Gasteiger partial charge in [-0.05, 0) is 19.4 Å². The molecule has 0 aliphatic heterocycles. The normalized spacial score (nSPS) is 11.0. The second-order valence-corrected chi connectivity index (χ2v) is 10.2. The number of nitriles is 1. The Bertz CT molecular complexity index is 956. The van der Waals surface area contributed by atoms with Crippen LogP contribution >= 0.6 is 0 Å². The molecule has 0 aliphatic carbocycles. The van der Waals surface area contributed by atoms with Crippen molar-refractivity contribution in [3.05, 3.63) is 35.5 Å². The van der Waals surface area contributed by atoms with Crippen LogP contribution < -0.4 is 0 Å². The molecule has 1 amide bonds. The number of rotatable bonds is 20. The van der Waals surface area contributed by atoms with Crippen LogP contribution in [-0.4, -0.2) is 34.7 Å². The SMILES string of the molecule is CCCCCCCCCCCCCCCCCCN(CC#N)C(=O)C(=O)c1c(C)[nH]c2ccccc12. The highest BCUT2D eigenvalue weighted by molar-refractivity contribution is 6.45. The number of carbonyl (C=O) groups excluding carboxylic acids is 2. The molecule has 0 saturated heterocycles. The summed E-state index contributed by atoms with van der Waals surface area (Å²) in [7, 11) is 0. The number of unbranched alkanes of at least 4 members (excludes halogenated alkanes) is 15. The number of fused-ring (bicyclic) bond motifs is 1. The Morgan fingerprint density at radius 2 is 1.31 bits per heavy atom. The second kappa shape index (κ2) is 17.8. The Balaban J connectivity index is 1.58. The standard InChI is InChI=1S/C31H47N3O2/c1-3-4-5-6-7-8-9-10-11-12-13-14-15-16-17-20-24-34(25-23-32)31(36)30(35)29-26(2)33-28-22-19-18-21-27(28)29/h18-19,21-22,33H,3-17,20,24-25H2,1-2H3. The molecular formula is C31H47N3O2. The summed E-state index contributed by atoms with van der Waals surface area (Å²) >= 11 is 0. The first-order chi connectivity index (χ1) is 17.6. The third-order valence-electron chi connectivity index (χ3n) is 7.15. The number of nitrogens with one attached hydrogen (secondary N) is 1. The van der Waals surface area contributed by atoms with Gasteiger partial charge in [-0.25, -0.2) is 0 Å². The summed E-state index contributed by atoms with van der Waals surface area (Å²) in [6, 6.07) is 9.55. The summed E-state index contributed by atoms with van der Waals surface area (Å²) < 4.78 is 0. The first-order valence-corrected chi connectivity index (χ1v) is 14.4. The zero-order valence-electron chi connectivity index (χ0n) is 22.7. The van der Waals surface area contributed by atoms with Crippen molar-refractivity contribution in [2.75, 3.05) is 13.1 Å². The Morgan fingerprint density at radius 3 is 1.83 bits per heavy atom. The molecule has 36 heavy (non-hydrogen) atoms. The van der Waals surface area contributed by atoms with E-state index in [-0.39, 0.29) is 6.54 Å². The van der Waals surface area contributed by atoms with E-state index in [1.54, 1.807) is 0 Å². The minimum atomic E-state index is -0.578. The fourth-order valence-electron chi connectivity index (χ4n) is 5.01. The summed E-state index contributed by atoms with van der Waals surface area (Å²) in [5.74, 6) is -1.11. The van der Waals surface area contributed by atoms with Crippen molar-refractivity contribution in [2.45, 2.75) is 117 Å². The number of Topliss-reactive ketones (excluding diaryl/α,β-unsaturated/α-hetero) is 1. The molecule has 0 spiro atoms. The van der Waals surface area contributed by atoms with Crippen molar-refractivity contribution in [3.8, 4) is 6.07 Å². The maximum absolute atomic E-state index is 13.0. The molecule has 5 heteroatoms. The van der Waals surface area contributed by atoms with Crippen LogP contribution in [0.5, 0.6) is 0 Å². The zero-order valence-corrected chi connectivity index (χ0v) is 22.7. The molecule has 198 valence electrons. The molecule has 0 bridgehead atoms. The molecule has 2 rings (SSSR count). The van der Waals surface area contributed by atoms with Crippen molar-refractivity contribution in [1.82, 2.24) is 9.88 Å². The maximum Gasteiger partial charge on any atom is 0.295 e. The van der Waals surface area contributed by atoms with E-state index >= 15 is 0 Å². The summed E-state index contributed by atoms with van der Waals surface area (Å²) in [4.78, 5) is 30.5. The molecule has 2 aromatic rings. The van der Waals surface area contributed by atoms with Gasteiger partial charge in [0.1, 0.15) is 6.54 Å². The number of hydrogen-bond donors (Lipinski definition) is 1. The number of hydrogen-bond acceptors (Lipinski definition) is 3. The van der Waals surface area contributed by atoms with Gasteiger partial charge in [0.2, 0.25) is 0 Å². The van der Waals surface area contributed by atoms with Gasteiger partial charge in [-0.1, -0.05) is 121 Å². The number of aromatic amines is 1. The topological polar surface area (TPSA) is 77.0 Å². The average molecular weight is 494 g/mol. The van der Waals surface area contributed by atoms with Gasteiger partial charge >= 0.3 is 0 Å². The van der Waals surface area contributed by atoms with Crippen molar-refractivity contribution >= 4 is 22.6 Å². The number of nitrogens with zero attached hydrogens (tertiary/aromatic N) is 2. The molecule has 1 N–H and O–H groups in total. The molecule has 0 aliphatic rings. The lowest BCUT2D eigenvalue weighted by atomic mass is 10.0. The van der Waals surface area contributed by atoms with Crippen LogP contribution in [0, 0.1) is 18.3 Å². The summed E-state index contributed by atoms with van der Waals surface area (Å²) in [5.41, 5.74) is 1.95. The van der Waals surface area contributed by atoms with E-state index in [0.717, 1.165) is 30.2 Å². The molecular weight excluding hydrogens is 446 g/mol. The van der Waals surface area contributed by atoms with Gasteiger partial charge in [0.25, 0.3) is 11.7 Å². The Morgan fingerprint density at radius 1 is 0.806 bits per heavy atom. The average Bonchev–Trinajstić information content (AvgIpc) is 3.22. The lowest BCUT2D eigenvalue weighted by Gasteiger charge is -2.18. The Labute approximate surface area is 218 Å². The third-order valence-corrected chi connectivity index (χ3v) is 7.15. The number of carbonyl (C=O) groups is 2. The summed E-state index contributed by atoms with van der Waals surface area (Å²) in [6.45, 7) is 4.48. The van der Waals surface area contributed by atoms with Crippen LogP contribution in [0.25, 0.3) is 10.9 Å². The van der Waals surface area contributed by atoms with Crippen LogP contribution in [0.1, 0.15) is 126 Å². The molecule has 0 unspecified atom stereocenters. The minimum absolute atomic E-state index is 0.0509. The lowest BCUT2D eigenvalue weighted by molar-refractivity contribution is -0.126. The highest BCUT2D eigenvalue weighted by Crippen LogP contribution is 2.23. The molecule has 1 aromatic carbocycles. The highest BCUT2D eigenvalue weighted by Gasteiger charge is 2.26.